The molecule has 8 heteroatoms. The third-order valence-corrected chi connectivity index (χ3v) is 3.82. The van der Waals surface area contributed by atoms with Gasteiger partial charge in [-0.05, 0) is 42.7 Å². The molecule has 0 radical (unpaired) electrons. The summed E-state index contributed by atoms with van der Waals surface area (Å²) >= 11 is 11.9. The SMILES string of the molecule is O=C(NNC(=O)c1ccccc1F)OCCCc1ccc(Cl)cc1Cl. The van der Waals surface area contributed by atoms with Crippen LogP contribution in [0.4, 0.5) is 9.18 Å². The highest BCUT2D eigenvalue weighted by atomic mass is 35.5. The molecule has 0 aliphatic rings. The predicted molar refractivity (Wildman–Crippen MR) is 93.1 cm³/mol. The van der Waals surface area contributed by atoms with Gasteiger partial charge in [0, 0.05) is 10.0 Å². The van der Waals surface area contributed by atoms with E-state index in [9.17, 15) is 14.0 Å². The fourth-order valence-corrected chi connectivity index (χ4v) is 2.51. The summed E-state index contributed by atoms with van der Waals surface area (Å²) in [4.78, 5) is 23.2. The Labute approximate surface area is 154 Å². The van der Waals surface area contributed by atoms with Crippen LogP contribution in [0.15, 0.2) is 42.5 Å². The van der Waals surface area contributed by atoms with E-state index in [1.807, 2.05) is 0 Å². The maximum atomic E-state index is 13.4. The standard InChI is InChI=1S/C17H15Cl2FN2O3/c18-12-8-7-11(14(19)10-12)4-3-9-25-17(24)22-21-16(23)13-5-1-2-6-15(13)20/h1-2,5-8,10H,3-4,9H2,(H,21,23)(H,22,24). The van der Waals surface area contributed by atoms with Crippen LogP contribution >= 0.6 is 23.2 Å². The van der Waals surface area contributed by atoms with Crippen LogP contribution in [0.1, 0.15) is 22.3 Å². The molecule has 2 amide bonds. The Kier molecular flexibility index (Phi) is 7.03. The van der Waals surface area contributed by atoms with E-state index in [1.165, 1.54) is 18.2 Å². The Morgan fingerprint density at radius 1 is 1.08 bits per heavy atom. The molecule has 5 nitrogen and oxygen atoms in total. The molecule has 2 rings (SSSR count). The van der Waals surface area contributed by atoms with E-state index >= 15 is 0 Å². The molecule has 0 saturated heterocycles. The fourth-order valence-electron chi connectivity index (χ4n) is 2.01. The Bertz CT molecular complexity index is 771. The largest absolute Gasteiger partial charge is 0.448 e. The summed E-state index contributed by atoms with van der Waals surface area (Å²) in [6.07, 6.45) is 0.299. The Hall–Kier alpha value is -2.31. The lowest BCUT2D eigenvalue weighted by Gasteiger charge is -2.09. The van der Waals surface area contributed by atoms with E-state index in [-0.39, 0.29) is 12.2 Å². The molecule has 0 unspecified atom stereocenters. The van der Waals surface area contributed by atoms with Gasteiger partial charge in [0.2, 0.25) is 0 Å². The van der Waals surface area contributed by atoms with E-state index in [2.05, 4.69) is 10.9 Å². The molecule has 2 aromatic rings. The van der Waals surface area contributed by atoms with E-state index in [4.69, 9.17) is 27.9 Å². The van der Waals surface area contributed by atoms with Crippen LogP contribution in [0.3, 0.4) is 0 Å². The van der Waals surface area contributed by atoms with Gasteiger partial charge in [-0.25, -0.2) is 14.6 Å². The number of rotatable bonds is 5. The smallest absolute Gasteiger partial charge is 0.426 e. The molecule has 0 spiro atoms. The molecule has 2 N–H and O–H groups in total. The minimum atomic E-state index is -0.841. The number of nitrogens with one attached hydrogen (secondary N) is 2. The molecule has 25 heavy (non-hydrogen) atoms. The summed E-state index contributed by atoms with van der Waals surface area (Å²) in [7, 11) is 0. The minimum Gasteiger partial charge on any atom is -0.448 e. The summed E-state index contributed by atoms with van der Waals surface area (Å²) in [6.45, 7) is 0.125. The fraction of sp³-hybridized carbons (Fsp3) is 0.176. The molecule has 132 valence electrons. The second kappa shape index (κ2) is 9.25. The second-order valence-corrected chi connectivity index (χ2v) is 5.88. The molecule has 0 atom stereocenters. The van der Waals surface area contributed by atoms with Crippen molar-refractivity contribution in [1.82, 2.24) is 10.9 Å². The number of halogens is 3. The first-order chi connectivity index (χ1) is 12.0. The lowest BCUT2D eigenvalue weighted by molar-refractivity contribution is 0.0905. The molecule has 0 saturated carbocycles. The monoisotopic (exact) mass is 384 g/mol. The van der Waals surface area contributed by atoms with E-state index in [0.29, 0.717) is 22.9 Å². The number of carbonyl (C=O) groups excluding carboxylic acids is 2. The zero-order chi connectivity index (χ0) is 18.2. The van der Waals surface area contributed by atoms with E-state index in [0.717, 1.165) is 11.6 Å². The average Bonchev–Trinajstić information content (AvgIpc) is 2.58. The Morgan fingerprint density at radius 3 is 2.56 bits per heavy atom. The first-order valence-corrected chi connectivity index (χ1v) is 8.14. The molecular formula is C17H15Cl2FN2O3. The Morgan fingerprint density at radius 2 is 1.84 bits per heavy atom. The second-order valence-electron chi connectivity index (χ2n) is 5.03. The minimum absolute atomic E-state index is 0.125. The van der Waals surface area contributed by atoms with Crippen LogP contribution in [0.25, 0.3) is 0 Å². The van der Waals surface area contributed by atoms with Crippen LogP contribution in [-0.4, -0.2) is 18.6 Å². The van der Waals surface area contributed by atoms with Gasteiger partial charge in [0.05, 0.1) is 12.2 Å². The summed E-state index contributed by atoms with van der Waals surface area (Å²) in [5, 5.41) is 1.10. The van der Waals surface area contributed by atoms with Crippen molar-refractivity contribution < 1.29 is 18.7 Å². The molecule has 2 aromatic carbocycles. The number of hydrazine groups is 1. The lowest BCUT2D eigenvalue weighted by Crippen LogP contribution is -2.42. The number of hydrogen-bond acceptors (Lipinski definition) is 3. The van der Waals surface area contributed by atoms with Crippen molar-refractivity contribution in [3.8, 4) is 0 Å². The highest BCUT2D eigenvalue weighted by Gasteiger charge is 2.12. The van der Waals surface area contributed by atoms with Gasteiger partial charge >= 0.3 is 6.09 Å². The molecule has 0 aliphatic carbocycles. The molecular weight excluding hydrogens is 370 g/mol. The van der Waals surface area contributed by atoms with Crippen molar-refractivity contribution in [2.45, 2.75) is 12.8 Å². The topological polar surface area (TPSA) is 67.4 Å². The first kappa shape index (κ1) is 19.0. The van der Waals surface area contributed by atoms with E-state index < -0.39 is 17.8 Å². The molecule has 0 heterocycles. The maximum absolute atomic E-state index is 13.4. The van der Waals surface area contributed by atoms with Crippen molar-refractivity contribution in [3.63, 3.8) is 0 Å². The summed E-state index contributed by atoms with van der Waals surface area (Å²) in [5.74, 6) is -1.46. The van der Waals surface area contributed by atoms with Crippen LogP contribution < -0.4 is 10.9 Å². The third-order valence-electron chi connectivity index (χ3n) is 3.24. The van der Waals surface area contributed by atoms with Gasteiger partial charge in [0.25, 0.3) is 5.91 Å². The molecule has 0 fully saturated rings. The average molecular weight is 385 g/mol. The highest BCUT2D eigenvalue weighted by Crippen LogP contribution is 2.21. The Balaban J connectivity index is 1.69. The van der Waals surface area contributed by atoms with Crippen LogP contribution in [0, 0.1) is 5.82 Å². The van der Waals surface area contributed by atoms with Gasteiger partial charge in [-0.3, -0.25) is 10.2 Å². The van der Waals surface area contributed by atoms with Crippen molar-refractivity contribution in [3.05, 3.63) is 69.5 Å². The van der Waals surface area contributed by atoms with Gasteiger partial charge in [0.15, 0.2) is 0 Å². The van der Waals surface area contributed by atoms with Crippen molar-refractivity contribution in [2.24, 2.45) is 0 Å². The zero-order valence-electron chi connectivity index (χ0n) is 13.0. The molecule has 0 aromatic heterocycles. The summed E-state index contributed by atoms with van der Waals surface area (Å²) < 4.78 is 18.3. The van der Waals surface area contributed by atoms with Gasteiger partial charge in [-0.1, -0.05) is 41.4 Å². The molecule has 0 aliphatic heterocycles. The zero-order valence-corrected chi connectivity index (χ0v) is 14.5. The predicted octanol–water partition coefficient (Wildman–Crippen LogP) is 4.14. The van der Waals surface area contributed by atoms with Gasteiger partial charge < -0.3 is 4.74 Å². The number of ether oxygens (including phenoxy) is 1. The normalized spacial score (nSPS) is 10.2. The van der Waals surface area contributed by atoms with Crippen LogP contribution in [0.5, 0.6) is 0 Å². The van der Waals surface area contributed by atoms with Crippen molar-refractivity contribution in [1.29, 1.82) is 0 Å². The number of hydrogen-bond donors (Lipinski definition) is 2. The van der Waals surface area contributed by atoms with Crippen molar-refractivity contribution >= 4 is 35.2 Å². The van der Waals surface area contributed by atoms with Crippen molar-refractivity contribution in [2.75, 3.05) is 6.61 Å². The summed E-state index contributed by atoms with van der Waals surface area (Å²) in [6, 6.07) is 10.6. The number of aryl methyl sites for hydroxylation is 1. The number of benzene rings is 2. The maximum Gasteiger partial charge on any atom is 0.426 e. The van der Waals surface area contributed by atoms with Crippen LogP contribution in [-0.2, 0) is 11.2 Å². The molecule has 0 bridgehead atoms. The number of carbonyl (C=O) groups is 2. The quantitative estimate of drug-likeness (QED) is 0.601. The number of amides is 2. The highest BCUT2D eigenvalue weighted by molar-refractivity contribution is 6.35. The third kappa shape index (κ3) is 5.92. The van der Waals surface area contributed by atoms with Gasteiger partial charge in [0.1, 0.15) is 5.82 Å². The summed E-state index contributed by atoms with van der Waals surface area (Å²) in [5.41, 5.74) is 4.84. The first-order valence-electron chi connectivity index (χ1n) is 7.39. The van der Waals surface area contributed by atoms with Crippen LogP contribution in [0.2, 0.25) is 10.0 Å². The van der Waals surface area contributed by atoms with Gasteiger partial charge in [-0.2, -0.15) is 0 Å². The van der Waals surface area contributed by atoms with E-state index in [1.54, 1.807) is 18.2 Å². The lowest BCUT2D eigenvalue weighted by atomic mass is 10.1. The van der Waals surface area contributed by atoms with Gasteiger partial charge in [-0.15, -0.1) is 0 Å².